The molecule has 1 aromatic carbocycles. The molecule has 1 N–H and O–H groups in total. The van der Waals surface area contributed by atoms with Gasteiger partial charge in [-0.25, -0.2) is 8.42 Å². The fourth-order valence-electron chi connectivity index (χ4n) is 1.71. The molecule has 6 heteroatoms. The van der Waals surface area contributed by atoms with E-state index in [0.717, 1.165) is 0 Å². The number of aromatic hydroxyl groups is 1. The summed E-state index contributed by atoms with van der Waals surface area (Å²) in [4.78, 5) is 0.152. The van der Waals surface area contributed by atoms with Gasteiger partial charge in [0.2, 0.25) is 10.0 Å². The molecule has 1 aromatic heterocycles. The van der Waals surface area contributed by atoms with Crippen LogP contribution < -0.4 is 0 Å². The minimum absolute atomic E-state index is 0.0352. The van der Waals surface area contributed by atoms with Crippen molar-refractivity contribution >= 4 is 10.0 Å². The SMILES string of the molecule is CCN(Cc1ccco1)S(=O)(=O)c1ccc(O)cc1. The second-order valence-corrected chi connectivity index (χ2v) is 5.94. The van der Waals surface area contributed by atoms with Crippen molar-refractivity contribution in [3.8, 4) is 5.75 Å². The summed E-state index contributed by atoms with van der Waals surface area (Å²) in [7, 11) is -3.58. The first-order chi connectivity index (χ1) is 9.04. The number of benzene rings is 1. The maximum absolute atomic E-state index is 12.4. The zero-order chi connectivity index (χ0) is 13.9. The van der Waals surface area contributed by atoms with Crippen LogP contribution in [0.1, 0.15) is 12.7 Å². The summed E-state index contributed by atoms with van der Waals surface area (Å²) < 4.78 is 31.3. The Kier molecular flexibility index (Phi) is 3.92. The molecule has 0 saturated carbocycles. The van der Waals surface area contributed by atoms with Gasteiger partial charge in [0, 0.05) is 6.54 Å². The largest absolute Gasteiger partial charge is 0.508 e. The molecule has 0 saturated heterocycles. The number of rotatable bonds is 5. The van der Waals surface area contributed by atoms with Crippen molar-refractivity contribution in [2.24, 2.45) is 0 Å². The molecule has 0 amide bonds. The summed E-state index contributed by atoms with van der Waals surface area (Å²) in [6, 6.07) is 8.93. The Hall–Kier alpha value is -1.79. The van der Waals surface area contributed by atoms with Gasteiger partial charge in [0.05, 0.1) is 17.7 Å². The Morgan fingerprint density at radius 1 is 1.21 bits per heavy atom. The first-order valence-corrected chi connectivity index (χ1v) is 7.29. The Morgan fingerprint density at radius 3 is 2.42 bits per heavy atom. The molecule has 0 spiro atoms. The highest BCUT2D eigenvalue weighted by atomic mass is 32.2. The quantitative estimate of drug-likeness (QED) is 0.912. The van der Waals surface area contributed by atoms with Gasteiger partial charge < -0.3 is 9.52 Å². The van der Waals surface area contributed by atoms with Gasteiger partial charge in [-0.2, -0.15) is 4.31 Å². The standard InChI is InChI=1S/C13H15NO4S/c1-2-14(10-12-4-3-9-18-12)19(16,17)13-7-5-11(15)6-8-13/h3-9,15H,2,10H2,1H3. The summed E-state index contributed by atoms with van der Waals surface area (Å²) in [5.41, 5.74) is 0. The highest BCUT2D eigenvalue weighted by Gasteiger charge is 2.23. The van der Waals surface area contributed by atoms with Gasteiger partial charge in [0.15, 0.2) is 0 Å². The van der Waals surface area contributed by atoms with E-state index in [1.54, 1.807) is 19.1 Å². The van der Waals surface area contributed by atoms with Crippen molar-refractivity contribution in [3.63, 3.8) is 0 Å². The monoisotopic (exact) mass is 281 g/mol. The van der Waals surface area contributed by atoms with Crippen molar-refractivity contribution in [2.75, 3.05) is 6.54 Å². The fraction of sp³-hybridized carbons (Fsp3) is 0.231. The van der Waals surface area contributed by atoms with E-state index in [2.05, 4.69) is 0 Å². The molecule has 0 aliphatic rings. The van der Waals surface area contributed by atoms with E-state index in [9.17, 15) is 13.5 Å². The molecule has 0 fully saturated rings. The summed E-state index contributed by atoms with van der Waals surface area (Å²) in [5.74, 6) is 0.622. The van der Waals surface area contributed by atoms with Gasteiger partial charge in [-0.15, -0.1) is 0 Å². The van der Waals surface area contributed by atoms with Crippen LogP contribution in [0.3, 0.4) is 0 Å². The summed E-state index contributed by atoms with van der Waals surface area (Å²) >= 11 is 0. The molecule has 0 bridgehead atoms. The molecular weight excluding hydrogens is 266 g/mol. The average molecular weight is 281 g/mol. The Morgan fingerprint density at radius 2 is 1.89 bits per heavy atom. The number of phenolic OH excluding ortho intramolecular Hbond substituents is 1. The molecule has 0 aliphatic carbocycles. The maximum Gasteiger partial charge on any atom is 0.243 e. The van der Waals surface area contributed by atoms with Crippen LogP contribution in [0.4, 0.5) is 0 Å². The van der Waals surface area contributed by atoms with Crippen LogP contribution in [0.15, 0.2) is 52.0 Å². The van der Waals surface area contributed by atoms with Crippen LogP contribution in [0.25, 0.3) is 0 Å². The summed E-state index contributed by atoms with van der Waals surface area (Å²) in [6.07, 6.45) is 1.51. The molecule has 19 heavy (non-hydrogen) atoms. The Balaban J connectivity index is 2.28. The molecule has 5 nitrogen and oxygen atoms in total. The van der Waals surface area contributed by atoms with Crippen LogP contribution in [0.2, 0.25) is 0 Å². The smallest absolute Gasteiger partial charge is 0.243 e. The predicted octanol–water partition coefficient (Wildman–Crippen LogP) is 2.20. The van der Waals surface area contributed by atoms with E-state index in [4.69, 9.17) is 4.42 Å². The maximum atomic E-state index is 12.4. The zero-order valence-corrected chi connectivity index (χ0v) is 11.3. The van der Waals surface area contributed by atoms with Gasteiger partial charge in [-0.1, -0.05) is 6.92 Å². The molecule has 0 atom stereocenters. The molecule has 0 unspecified atom stereocenters. The minimum atomic E-state index is -3.58. The normalized spacial score (nSPS) is 11.9. The third kappa shape index (κ3) is 2.97. The Bertz CT molecular complexity index is 617. The van der Waals surface area contributed by atoms with Gasteiger partial charge in [0.1, 0.15) is 11.5 Å². The molecule has 0 radical (unpaired) electrons. The number of sulfonamides is 1. The van der Waals surface area contributed by atoms with Crippen molar-refractivity contribution in [2.45, 2.75) is 18.4 Å². The number of nitrogens with zero attached hydrogens (tertiary/aromatic N) is 1. The fourth-order valence-corrected chi connectivity index (χ4v) is 3.13. The van der Waals surface area contributed by atoms with Crippen molar-refractivity contribution < 1.29 is 17.9 Å². The van der Waals surface area contributed by atoms with Crippen LogP contribution in [-0.2, 0) is 16.6 Å². The number of furan rings is 1. The molecule has 102 valence electrons. The van der Waals surface area contributed by atoms with Gasteiger partial charge in [0.25, 0.3) is 0 Å². The van der Waals surface area contributed by atoms with Crippen molar-refractivity contribution in [1.29, 1.82) is 0 Å². The number of hydrogen-bond acceptors (Lipinski definition) is 4. The lowest BCUT2D eigenvalue weighted by Gasteiger charge is -2.19. The molecule has 2 rings (SSSR count). The zero-order valence-electron chi connectivity index (χ0n) is 10.5. The van der Waals surface area contributed by atoms with E-state index in [1.807, 2.05) is 0 Å². The van der Waals surface area contributed by atoms with Gasteiger partial charge >= 0.3 is 0 Å². The molecule has 0 aliphatic heterocycles. The molecule has 1 heterocycles. The van der Waals surface area contributed by atoms with E-state index >= 15 is 0 Å². The van der Waals surface area contributed by atoms with Crippen LogP contribution in [-0.4, -0.2) is 24.4 Å². The highest BCUT2D eigenvalue weighted by Crippen LogP contribution is 2.20. The average Bonchev–Trinajstić information content (AvgIpc) is 2.89. The van der Waals surface area contributed by atoms with E-state index < -0.39 is 10.0 Å². The van der Waals surface area contributed by atoms with Crippen LogP contribution in [0, 0.1) is 0 Å². The lowest BCUT2D eigenvalue weighted by Crippen LogP contribution is -2.30. The van der Waals surface area contributed by atoms with Gasteiger partial charge in [-0.3, -0.25) is 0 Å². The van der Waals surface area contributed by atoms with E-state index in [1.165, 1.54) is 34.8 Å². The number of hydrogen-bond donors (Lipinski definition) is 1. The number of phenols is 1. The first-order valence-electron chi connectivity index (χ1n) is 5.85. The van der Waals surface area contributed by atoms with E-state index in [-0.39, 0.29) is 17.2 Å². The second kappa shape index (κ2) is 5.46. The van der Waals surface area contributed by atoms with Gasteiger partial charge in [-0.05, 0) is 36.4 Å². The Labute approximate surface area is 112 Å². The van der Waals surface area contributed by atoms with Crippen LogP contribution in [0.5, 0.6) is 5.75 Å². The lowest BCUT2D eigenvalue weighted by atomic mass is 10.3. The van der Waals surface area contributed by atoms with Crippen molar-refractivity contribution in [1.82, 2.24) is 4.31 Å². The lowest BCUT2D eigenvalue weighted by molar-refractivity contribution is 0.375. The molecular formula is C13H15NO4S. The molecule has 2 aromatic rings. The predicted molar refractivity (Wildman–Crippen MR) is 70.1 cm³/mol. The third-order valence-corrected chi connectivity index (χ3v) is 4.67. The summed E-state index contributed by atoms with van der Waals surface area (Å²) in [6.45, 7) is 2.29. The van der Waals surface area contributed by atoms with Crippen molar-refractivity contribution in [3.05, 3.63) is 48.4 Å². The second-order valence-electron chi connectivity index (χ2n) is 4.00. The topological polar surface area (TPSA) is 70.8 Å². The van der Waals surface area contributed by atoms with E-state index in [0.29, 0.717) is 12.3 Å². The highest BCUT2D eigenvalue weighted by molar-refractivity contribution is 7.89. The first kappa shape index (κ1) is 13.6. The van der Waals surface area contributed by atoms with Crippen LogP contribution >= 0.6 is 0 Å². The third-order valence-electron chi connectivity index (χ3n) is 2.74. The summed E-state index contributed by atoms with van der Waals surface area (Å²) in [5, 5.41) is 9.20. The minimum Gasteiger partial charge on any atom is -0.508 e.